The summed E-state index contributed by atoms with van der Waals surface area (Å²) in [5, 5.41) is 8.00. The van der Waals surface area contributed by atoms with Gasteiger partial charge in [-0.05, 0) is 110 Å². The van der Waals surface area contributed by atoms with Crippen molar-refractivity contribution in [2.45, 2.75) is 98.8 Å². The molecular formula is C39H51N3O2. The van der Waals surface area contributed by atoms with Crippen LogP contribution in [0.3, 0.4) is 0 Å². The minimum atomic E-state index is -0.129. The third-order valence-electron chi connectivity index (χ3n) is 9.36. The lowest BCUT2D eigenvalue weighted by Crippen LogP contribution is -2.27. The van der Waals surface area contributed by atoms with Crippen LogP contribution in [-0.2, 0) is 10.8 Å². The average molecular weight is 594 g/mol. The number of carbonyl (C=O) groups is 1. The van der Waals surface area contributed by atoms with Gasteiger partial charge in [0.25, 0.3) is 5.91 Å². The molecule has 0 aliphatic carbocycles. The number of hydrogen-bond donors (Lipinski definition) is 1. The molecule has 4 aromatic rings. The molecule has 234 valence electrons. The van der Waals surface area contributed by atoms with E-state index in [0.717, 1.165) is 53.9 Å². The molecule has 0 atom stereocenters. The number of carbonyl (C=O) groups excluding carboxylic acids is 1. The Balaban J connectivity index is 1.42. The maximum absolute atomic E-state index is 13.5. The van der Waals surface area contributed by atoms with E-state index < -0.39 is 0 Å². The summed E-state index contributed by atoms with van der Waals surface area (Å²) in [7, 11) is 0. The topological polar surface area (TPSA) is 56.1 Å². The number of rotatable bonds is 13. The average Bonchev–Trinajstić information content (AvgIpc) is 3.46. The zero-order valence-corrected chi connectivity index (χ0v) is 28.3. The lowest BCUT2D eigenvalue weighted by Gasteiger charge is -2.30. The number of aromatic nitrogens is 2. The van der Waals surface area contributed by atoms with Gasteiger partial charge in [0.1, 0.15) is 11.4 Å². The highest BCUT2D eigenvalue weighted by Gasteiger charge is 2.26. The minimum absolute atomic E-state index is 0.0273. The van der Waals surface area contributed by atoms with Gasteiger partial charge in [0.15, 0.2) is 0 Å². The van der Waals surface area contributed by atoms with Gasteiger partial charge in [-0.1, -0.05) is 77.9 Å². The normalized spacial score (nSPS) is 11.9. The van der Waals surface area contributed by atoms with Gasteiger partial charge in [-0.25, -0.2) is 4.68 Å². The molecule has 0 unspecified atom stereocenters. The molecule has 3 aromatic carbocycles. The van der Waals surface area contributed by atoms with Crippen molar-refractivity contribution in [3.63, 3.8) is 0 Å². The van der Waals surface area contributed by atoms with Gasteiger partial charge in [-0.3, -0.25) is 4.79 Å². The van der Waals surface area contributed by atoms with Crippen molar-refractivity contribution in [3.05, 3.63) is 100 Å². The third kappa shape index (κ3) is 7.61. The van der Waals surface area contributed by atoms with Crippen LogP contribution in [0.15, 0.2) is 66.7 Å². The van der Waals surface area contributed by atoms with E-state index in [0.29, 0.717) is 18.8 Å². The lowest BCUT2D eigenvalue weighted by molar-refractivity contribution is 0.0944. The van der Waals surface area contributed by atoms with E-state index in [2.05, 4.69) is 103 Å². The fraction of sp³-hybridized carbons (Fsp3) is 0.436. The number of nitrogens with zero attached hydrogens (tertiary/aromatic N) is 2. The van der Waals surface area contributed by atoms with Crippen LogP contribution in [0.25, 0.3) is 16.9 Å². The second-order valence-electron chi connectivity index (χ2n) is 13.5. The van der Waals surface area contributed by atoms with E-state index in [1.165, 1.54) is 22.3 Å². The molecule has 44 heavy (non-hydrogen) atoms. The van der Waals surface area contributed by atoms with Crippen LogP contribution in [0.4, 0.5) is 0 Å². The maximum atomic E-state index is 13.5. The number of hydrogen-bond acceptors (Lipinski definition) is 3. The van der Waals surface area contributed by atoms with Gasteiger partial charge in [0.2, 0.25) is 0 Å². The molecule has 0 bridgehead atoms. The van der Waals surface area contributed by atoms with Crippen LogP contribution in [0, 0.1) is 20.8 Å². The SMILES string of the molecule is CCC(C)(C)c1ccc(OCCCCNC(=O)c2cc(-c3ccc(C)c(C)c3)nn2-c2cccc(C)c2)c(C(C)(C)CC)c1. The predicted molar refractivity (Wildman–Crippen MR) is 183 cm³/mol. The molecule has 1 aromatic heterocycles. The molecule has 4 rings (SSSR count). The zero-order chi connectivity index (χ0) is 32.1. The van der Waals surface area contributed by atoms with Crippen molar-refractivity contribution in [3.8, 4) is 22.7 Å². The van der Waals surface area contributed by atoms with Crippen LogP contribution in [0.1, 0.15) is 106 Å². The predicted octanol–water partition coefficient (Wildman–Crippen LogP) is 9.43. The Kier molecular flexibility index (Phi) is 10.4. The number of aryl methyl sites for hydroxylation is 3. The summed E-state index contributed by atoms with van der Waals surface area (Å²) >= 11 is 0. The first-order valence-electron chi connectivity index (χ1n) is 16.2. The van der Waals surface area contributed by atoms with E-state index in [-0.39, 0.29) is 16.7 Å². The summed E-state index contributed by atoms with van der Waals surface area (Å²) in [6.45, 7) is 21.1. The summed E-state index contributed by atoms with van der Waals surface area (Å²) in [6.07, 6.45) is 3.79. The van der Waals surface area contributed by atoms with Crippen molar-refractivity contribution >= 4 is 5.91 Å². The molecule has 0 aliphatic heterocycles. The smallest absolute Gasteiger partial charge is 0.270 e. The molecule has 0 radical (unpaired) electrons. The summed E-state index contributed by atoms with van der Waals surface area (Å²) < 4.78 is 8.11. The molecule has 5 nitrogen and oxygen atoms in total. The van der Waals surface area contributed by atoms with Crippen molar-refractivity contribution in [2.24, 2.45) is 0 Å². The van der Waals surface area contributed by atoms with Gasteiger partial charge in [0, 0.05) is 17.7 Å². The zero-order valence-electron chi connectivity index (χ0n) is 28.3. The molecule has 0 saturated heterocycles. The van der Waals surface area contributed by atoms with Gasteiger partial charge in [-0.2, -0.15) is 5.10 Å². The Labute approximate surface area is 265 Å². The van der Waals surface area contributed by atoms with Crippen molar-refractivity contribution in [1.29, 1.82) is 0 Å². The molecule has 1 amide bonds. The summed E-state index contributed by atoms with van der Waals surface area (Å²) in [5.41, 5.74) is 9.53. The Bertz CT molecular complexity index is 1590. The first-order valence-corrected chi connectivity index (χ1v) is 16.2. The Morgan fingerprint density at radius 3 is 2.27 bits per heavy atom. The Morgan fingerprint density at radius 1 is 0.841 bits per heavy atom. The molecule has 0 fully saturated rings. The fourth-order valence-electron chi connectivity index (χ4n) is 5.24. The fourth-order valence-corrected chi connectivity index (χ4v) is 5.24. The van der Waals surface area contributed by atoms with E-state index in [1.54, 1.807) is 4.68 Å². The molecule has 0 spiro atoms. The highest BCUT2D eigenvalue weighted by Crippen LogP contribution is 2.38. The summed E-state index contributed by atoms with van der Waals surface area (Å²) in [5.74, 6) is 0.841. The second-order valence-corrected chi connectivity index (χ2v) is 13.5. The van der Waals surface area contributed by atoms with Crippen LogP contribution in [0.5, 0.6) is 5.75 Å². The first kappa shape index (κ1) is 33.0. The molecule has 0 saturated carbocycles. The number of unbranched alkanes of at least 4 members (excludes halogenated alkanes) is 1. The van der Waals surface area contributed by atoms with Crippen molar-refractivity contribution in [2.75, 3.05) is 13.2 Å². The molecule has 1 heterocycles. The van der Waals surface area contributed by atoms with E-state index in [9.17, 15) is 4.79 Å². The number of nitrogens with one attached hydrogen (secondary N) is 1. The van der Waals surface area contributed by atoms with Crippen molar-refractivity contribution in [1.82, 2.24) is 15.1 Å². The Hall–Kier alpha value is -3.86. The summed E-state index contributed by atoms with van der Waals surface area (Å²) in [6, 6.07) is 23.0. The van der Waals surface area contributed by atoms with Crippen LogP contribution >= 0.6 is 0 Å². The van der Waals surface area contributed by atoms with Gasteiger partial charge >= 0.3 is 0 Å². The summed E-state index contributed by atoms with van der Waals surface area (Å²) in [4.78, 5) is 13.5. The van der Waals surface area contributed by atoms with E-state index in [4.69, 9.17) is 9.84 Å². The minimum Gasteiger partial charge on any atom is -0.493 e. The number of amides is 1. The van der Waals surface area contributed by atoms with E-state index in [1.807, 2.05) is 31.2 Å². The van der Waals surface area contributed by atoms with Crippen LogP contribution < -0.4 is 10.1 Å². The maximum Gasteiger partial charge on any atom is 0.270 e. The second kappa shape index (κ2) is 13.8. The Morgan fingerprint density at radius 2 is 1.59 bits per heavy atom. The molecule has 1 N–H and O–H groups in total. The van der Waals surface area contributed by atoms with Gasteiger partial charge in [0.05, 0.1) is 18.0 Å². The van der Waals surface area contributed by atoms with E-state index >= 15 is 0 Å². The van der Waals surface area contributed by atoms with Gasteiger partial charge in [-0.15, -0.1) is 0 Å². The largest absolute Gasteiger partial charge is 0.493 e. The standard InChI is InChI=1S/C39H51N3O2/c1-10-38(6,7)31-19-20-36(33(25-31)39(8,9)11-2)44-22-13-12-21-40-37(43)35-26-34(30-18-17-28(4)29(5)24-30)41-42(35)32-16-14-15-27(3)23-32/h14-20,23-26H,10-13,21-22H2,1-9H3,(H,40,43). The molecule has 0 aliphatic rings. The number of ether oxygens (including phenoxy) is 1. The van der Waals surface area contributed by atoms with Gasteiger partial charge < -0.3 is 10.1 Å². The molecular weight excluding hydrogens is 542 g/mol. The monoisotopic (exact) mass is 593 g/mol. The van der Waals surface area contributed by atoms with Crippen LogP contribution in [0.2, 0.25) is 0 Å². The lowest BCUT2D eigenvalue weighted by atomic mass is 9.76. The quantitative estimate of drug-likeness (QED) is 0.157. The first-order chi connectivity index (χ1) is 20.9. The third-order valence-corrected chi connectivity index (χ3v) is 9.36. The molecule has 5 heteroatoms. The van der Waals surface area contributed by atoms with Crippen LogP contribution in [-0.4, -0.2) is 28.8 Å². The highest BCUT2D eigenvalue weighted by atomic mass is 16.5. The highest BCUT2D eigenvalue weighted by molar-refractivity contribution is 5.94. The van der Waals surface area contributed by atoms with Crippen molar-refractivity contribution < 1.29 is 9.53 Å². The number of benzene rings is 3.